The van der Waals surface area contributed by atoms with Crippen LogP contribution in [0.25, 0.3) is 0 Å². The fourth-order valence-electron chi connectivity index (χ4n) is 1.42. The van der Waals surface area contributed by atoms with Gasteiger partial charge in [-0.2, -0.15) is 17.6 Å². The first kappa shape index (κ1) is 18.0. The highest BCUT2D eigenvalue weighted by molar-refractivity contribution is 5.73. The van der Waals surface area contributed by atoms with Crippen molar-refractivity contribution in [2.75, 3.05) is 6.61 Å². The number of hydrogen-bond acceptors (Lipinski definition) is 4. The van der Waals surface area contributed by atoms with Crippen LogP contribution in [0, 0.1) is 5.95 Å². The van der Waals surface area contributed by atoms with Gasteiger partial charge in [-0.15, -0.1) is 13.2 Å². The molecule has 1 aromatic rings. The van der Waals surface area contributed by atoms with Crippen LogP contribution < -0.4 is 4.74 Å². The highest BCUT2D eigenvalue weighted by Gasteiger charge is 2.38. The molecule has 0 aromatic carbocycles. The second-order valence-corrected chi connectivity index (χ2v) is 3.81. The van der Waals surface area contributed by atoms with Crippen LogP contribution in [0.2, 0.25) is 0 Å². The third kappa shape index (κ3) is 5.04. The molecule has 0 N–H and O–H groups in total. The Morgan fingerprint density at radius 1 is 1.23 bits per heavy atom. The van der Waals surface area contributed by atoms with E-state index in [0.717, 1.165) is 0 Å². The standard InChI is InChI=1S/C11H8F7NO3/c1-2-21-7(20)4-5-3-6(10(13,14)15)19-9(12)8(5)22-11(16,17)18/h3H,2,4H2,1H3. The topological polar surface area (TPSA) is 48.4 Å². The Kier molecular flexibility index (Phi) is 5.20. The van der Waals surface area contributed by atoms with E-state index in [1.54, 1.807) is 0 Å². The number of carbonyl (C=O) groups excluding carboxylic acids is 1. The molecule has 0 amide bonds. The molecule has 11 heteroatoms. The molecule has 0 unspecified atom stereocenters. The van der Waals surface area contributed by atoms with Crippen LogP contribution >= 0.6 is 0 Å². The van der Waals surface area contributed by atoms with Gasteiger partial charge in [-0.25, -0.2) is 4.98 Å². The molecule has 0 saturated carbocycles. The molecule has 0 radical (unpaired) electrons. The SMILES string of the molecule is CCOC(=O)Cc1cc(C(F)(F)F)nc(F)c1OC(F)(F)F. The van der Waals surface area contributed by atoms with Gasteiger partial charge >= 0.3 is 18.5 Å². The maximum absolute atomic E-state index is 13.4. The molecule has 0 fully saturated rings. The fourth-order valence-corrected chi connectivity index (χ4v) is 1.42. The van der Waals surface area contributed by atoms with Crippen molar-refractivity contribution in [1.29, 1.82) is 0 Å². The Labute approximate surface area is 118 Å². The van der Waals surface area contributed by atoms with E-state index >= 15 is 0 Å². The first-order valence-electron chi connectivity index (χ1n) is 5.62. The molecule has 22 heavy (non-hydrogen) atoms. The van der Waals surface area contributed by atoms with E-state index in [1.807, 2.05) is 0 Å². The van der Waals surface area contributed by atoms with Crippen molar-refractivity contribution >= 4 is 5.97 Å². The normalized spacial score (nSPS) is 12.2. The second kappa shape index (κ2) is 6.36. The van der Waals surface area contributed by atoms with Gasteiger partial charge in [0, 0.05) is 5.56 Å². The molecule has 124 valence electrons. The van der Waals surface area contributed by atoms with Crippen LogP contribution in [0.5, 0.6) is 5.75 Å². The van der Waals surface area contributed by atoms with Gasteiger partial charge in [0.2, 0.25) is 0 Å². The number of hydrogen-bond donors (Lipinski definition) is 0. The minimum absolute atomic E-state index is 0.0983. The first-order chi connectivity index (χ1) is 9.94. The maximum Gasteiger partial charge on any atom is 0.573 e. The number of alkyl halides is 6. The predicted molar refractivity (Wildman–Crippen MR) is 56.2 cm³/mol. The van der Waals surface area contributed by atoms with E-state index < -0.39 is 47.9 Å². The minimum atomic E-state index is -5.37. The number of halogens is 7. The zero-order valence-electron chi connectivity index (χ0n) is 10.8. The van der Waals surface area contributed by atoms with Gasteiger partial charge < -0.3 is 9.47 Å². The number of ether oxygens (including phenoxy) is 2. The van der Waals surface area contributed by atoms with Gasteiger partial charge in [0.05, 0.1) is 13.0 Å². The number of carbonyl (C=O) groups is 1. The summed E-state index contributed by atoms with van der Waals surface area (Å²) in [5, 5.41) is 0. The van der Waals surface area contributed by atoms with Crippen molar-refractivity contribution in [2.45, 2.75) is 25.9 Å². The molecule has 0 aliphatic rings. The molecule has 0 spiro atoms. The quantitative estimate of drug-likeness (QED) is 0.481. The summed E-state index contributed by atoms with van der Waals surface area (Å²) in [6.45, 7) is 1.22. The Morgan fingerprint density at radius 2 is 1.82 bits per heavy atom. The molecule has 0 aliphatic heterocycles. The lowest BCUT2D eigenvalue weighted by Crippen LogP contribution is -2.22. The number of esters is 1. The van der Waals surface area contributed by atoms with Crippen molar-refractivity contribution in [3.8, 4) is 5.75 Å². The van der Waals surface area contributed by atoms with Crippen LogP contribution in [0.3, 0.4) is 0 Å². The molecule has 1 rings (SSSR count). The van der Waals surface area contributed by atoms with Gasteiger partial charge in [-0.1, -0.05) is 0 Å². The van der Waals surface area contributed by atoms with E-state index in [-0.39, 0.29) is 12.7 Å². The van der Waals surface area contributed by atoms with E-state index in [2.05, 4.69) is 14.5 Å². The molecular formula is C11H8F7NO3. The zero-order valence-corrected chi connectivity index (χ0v) is 10.8. The highest BCUT2D eigenvalue weighted by Crippen LogP contribution is 2.34. The summed E-state index contributed by atoms with van der Waals surface area (Å²) in [4.78, 5) is 13.6. The van der Waals surface area contributed by atoms with Crippen LogP contribution in [0.4, 0.5) is 30.7 Å². The summed E-state index contributed by atoms with van der Waals surface area (Å²) >= 11 is 0. The summed E-state index contributed by atoms with van der Waals surface area (Å²) in [6.07, 6.45) is -11.5. The second-order valence-electron chi connectivity index (χ2n) is 3.81. The summed E-state index contributed by atoms with van der Waals surface area (Å²) in [6, 6.07) is 0.0983. The number of nitrogens with zero attached hydrogens (tertiary/aromatic N) is 1. The lowest BCUT2D eigenvalue weighted by Gasteiger charge is -2.15. The lowest BCUT2D eigenvalue weighted by atomic mass is 10.1. The van der Waals surface area contributed by atoms with Crippen LogP contribution in [-0.2, 0) is 22.1 Å². The van der Waals surface area contributed by atoms with Crippen LogP contribution in [-0.4, -0.2) is 23.9 Å². The Morgan fingerprint density at radius 3 is 2.27 bits per heavy atom. The van der Waals surface area contributed by atoms with Crippen molar-refractivity contribution in [2.24, 2.45) is 0 Å². The largest absolute Gasteiger partial charge is 0.573 e. The van der Waals surface area contributed by atoms with Crippen molar-refractivity contribution in [3.05, 3.63) is 23.3 Å². The fraction of sp³-hybridized carbons (Fsp3) is 0.455. The van der Waals surface area contributed by atoms with Crippen LogP contribution in [0.1, 0.15) is 18.2 Å². The molecular weight excluding hydrogens is 327 g/mol. The average molecular weight is 335 g/mol. The van der Waals surface area contributed by atoms with E-state index in [0.29, 0.717) is 0 Å². The van der Waals surface area contributed by atoms with Gasteiger partial charge in [0.15, 0.2) is 5.75 Å². The molecule has 0 saturated heterocycles. The van der Waals surface area contributed by atoms with Crippen molar-refractivity contribution < 1.29 is 45.0 Å². The molecule has 1 heterocycles. The van der Waals surface area contributed by atoms with E-state index in [4.69, 9.17) is 0 Å². The average Bonchev–Trinajstić information content (AvgIpc) is 2.30. The third-order valence-corrected chi connectivity index (χ3v) is 2.16. The number of pyridine rings is 1. The Balaban J connectivity index is 3.32. The first-order valence-corrected chi connectivity index (χ1v) is 5.62. The molecule has 4 nitrogen and oxygen atoms in total. The highest BCUT2D eigenvalue weighted by atomic mass is 19.4. The van der Waals surface area contributed by atoms with Gasteiger partial charge in [-0.05, 0) is 13.0 Å². The molecule has 0 atom stereocenters. The Hall–Kier alpha value is -2.07. The lowest BCUT2D eigenvalue weighted by molar-refractivity contribution is -0.276. The molecule has 0 bridgehead atoms. The predicted octanol–water partition coefficient (Wildman–Crippen LogP) is 3.24. The van der Waals surface area contributed by atoms with Crippen molar-refractivity contribution in [3.63, 3.8) is 0 Å². The van der Waals surface area contributed by atoms with Gasteiger partial charge in [0.1, 0.15) is 5.69 Å². The van der Waals surface area contributed by atoms with Gasteiger partial charge in [0.25, 0.3) is 5.95 Å². The van der Waals surface area contributed by atoms with Crippen LogP contribution in [0.15, 0.2) is 6.07 Å². The van der Waals surface area contributed by atoms with Gasteiger partial charge in [-0.3, -0.25) is 4.79 Å². The monoisotopic (exact) mass is 335 g/mol. The summed E-state index contributed by atoms with van der Waals surface area (Å²) in [5.74, 6) is -4.88. The Bertz CT molecular complexity index is 554. The summed E-state index contributed by atoms with van der Waals surface area (Å²) < 4.78 is 95.1. The molecule has 1 aromatic heterocycles. The maximum atomic E-state index is 13.4. The van der Waals surface area contributed by atoms with E-state index in [1.165, 1.54) is 6.92 Å². The molecule has 0 aliphatic carbocycles. The van der Waals surface area contributed by atoms with Crippen molar-refractivity contribution in [1.82, 2.24) is 4.98 Å². The zero-order chi connectivity index (χ0) is 17.1. The number of rotatable bonds is 4. The minimum Gasteiger partial charge on any atom is -0.466 e. The summed E-state index contributed by atoms with van der Waals surface area (Å²) in [5.41, 5.74) is -2.77. The third-order valence-electron chi connectivity index (χ3n) is 2.16. The smallest absolute Gasteiger partial charge is 0.466 e. The summed E-state index contributed by atoms with van der Waals surface area (Å²) in [7, 11) is 0. The van der Waals surface area contributed by atoms with E-state index in [9.17, 15) is 35.5 Å². The number of aromatic nitrogens is 1.